The molecule has 0 spiro atoms. The van der Waals surface area contributed by atoms with Gasteiger partial charge in [0.15, 0.2) is 0 Å². The number of carbonyl (C=O) groups is 1. The third kappa shape index (κ3) is 2.06. The molecule has 1 fully saturated rings. The lowest BCUT2D eigenvalue weighted by Crippen LogP contribution is -2.33. The molecule has 6 nitrogen and oxygen atoms in total. The average molecular weight is 224 g/mol. The topological polar surface area (TPSA) is 71.2 Å². The molecule has 1 aliphatic heterocycles. The highest BCUT2D eigenvalue weighted by Crippen LogP contribution is 2.16. The van der Waals surface area contributed by atoms with E-state index in [9.17, 15) is 9.90 Å². The minimum absolute atomic E-state index is 0.215. The Balaban J connectivity index is 2.15. The molecule has 6 heteroatoms. The molecule has 0 saturated carbocycles. The molecule has 2 rings (SSSR count). The molecule has 0 aromatic carbocycles. The number of nitrogens with zero attached hydrogens (tertiary/aromatic N) is 4. The van der Waals surface area contributed by atoms with Gasteiger partial charge in [-0.15, -0.1) is 5.10 Å². The van der Waals surface area contributed by atoms with Crippen LogP contribution in [0, 0.1) is 0 Å². The van der Waals surface area contributed by atoms with E-state index in [0.717, 1.165) is 30.7 Å². The lowest BCUT2D eigenvalue weighted by atomic mass is 10.1. The predicted molar refractivity (Wildman–Crippen MR) is 56.9 cm³/mol. The first-order valence-electron chi connectivity index (χ1n) is 5.43. The van der Waals surface area contributed by atoms with Crippen LogP contribution in [-0.2, 0) is 5.60 Å². The van der Waals surface area contributed by atoms with E-state index in [1.165, 1.54) is 6.20 Å². The summed E-state index contributed by atoms with van der Waals surface area (Å²) in [5, 5.41) is 17.6. The van der Waals surface area contributed by atoms with Gasteiger partial charge in [-0.3, -0.25) is 0 Å². The molecule has 0 bridgehead atoms. The van der Waals surface area contributed by atoms with E-state index in [0.29, 0.717) is 5.69 Å². The van der Waals surface area contributed by atoms with E-state index < -0.39 is 5.60 Å². The zero-order valence-electron chi connectivity index (χ0n) is 9.55. The highest BCUT2D eigenvalue weighted by atomic mass is 16.3. The van der Waals surface area contributed by atoms with Crippen molar-refractivity contribution >= 4 is 6.03 Å². The molecule has 1 saturated heterocycles. The maximum absolute atomic E-state index is 11.9. The maximum Gasteiger partial charge on any atom is 0.362 e. The van der Waals surface area contributed by atoms with E-state index in [2.05, 4.69) is 10.2 Å². The van der Waals surface area contributed by atoms with E-state index >= 15 is 0 Å². The van der Waals surface area contributed by atoms with Crippen molar-refractivity contribution in [3.05, 3.63) is 11.9 Å². The van der Waals surface area contributed by atoms with Gasteiger partial charge in [0.05, 0.1) is 6.20 Å². The number of carbonyl (C=O) groups excluding carboxylic acids is 1. The van der Waals surface area contributed by atoms with Crippen LogP contribution in [-0.4, -0.2) is 44.1 Å². The molecule has 0 aliphatic carbocycles. The molecule has 2 heterocycles. The number of hydrogen-bond donors (Lipinski definition) is 1. The Labute approximate surface area is 93.9 Å². The van der Waals surface area contributed by atoms with Crippen LogP contribution in [0.25, 0.3) is 0 Å². The maximum atomic E-state index is 11.9. The van der Waals surface area contributed by atoms with Crippen LogP contribution in [0.2, 0.25) is 0 Å². The summed E-state index contributed by atoms with van der Waals surface area (Å²) in [4.78, 5) is 14.6. The lowest BCUT2D eigenvalue weighted by molar-refractivity contribution is 0.0732. The van der Waals surface area contributed by atoms with Crippen molar-refractivity contribution in [3.63, 3.8) is 0 Å². The van der Waals surface area contributed by atoms with Crippen LogP contribution >= 0.6 is 0 Å². The Hall–Kier alpha value is -1.43. The van der Waals surface area contributed by atoms with Gasteiger partial charge in [-0.25, -0.2) is 4.79 Å². The van der Waals surface area contributed by atoms with Gasteiger partial charge in [0.1, 0.15) is 11.3 Å². The summed E-state index contributed by atoms with van der Waals surface area (Å²) >= 11 is 0. The number of amides is 1. The Kier molecular flexibility index (Phi) is 2.67. The largest absolute Gasteiger partial charge is 0.384 e. The van der Waals surface area contributed by atoms with E-state index in [1.807, 2.05) is 0 Å². The van der Waals surface area contributed by atoms with E-state index in [4.69, 9.17) is 0 Å². The van der Waals surface area contributed by atoms with Crippen molar-refractivity contribution in [1.29, 1.82) is 0 Å². The zero-order chi connectivity index (χ0) is 11.8. The molecule has 1 aliphatic rings. The smallest absolute Gasteiger partial charge is 0.362 e. The van der Waals surface area contributed by atoms with Gasteiger partial charge in [-0.05, 0) is 26.7 Å². The van der Waals surface area contributed by atoms with Crippen molar-refractivity contribution < 1.29 is 9.90 Å². The Morgan fingerprint density at radius 2 is 2.06 bits per heavy atom. The van der Waals surface area contributed by atoms with E-state index in [-0.39, 0.29) is 6.03 Å². The van der Waals surface area contributed by atoms with Gasteiger partial charge < -0.3 is 10.0 Å². The average Bonchev–Trinajstić information content (AvgIpc) is 2.87. The second-order valence-electron chi connectivity index (χ2n) is 4.55. The molecule has 1 aromatic rings. The number of likely N-dealkylation sites (tertiary alicyclic amines) is 1. The molecular weight excluding hydrogens is 208 g/mol. The van der Waals surface area contributed by atoms with Gasteiger partial charge in [0, 0.05) is 13.1 Å². The lowest BCUT2D eigenvalue weighted by Gasteiger charge is -2.14. The first-order chi connectivity index (χ1) is 7.48. The monoisotopic (exact) mass is 224 g/mol. The summed E-state index contributed by atoms with van der Waals surface area (Å²) in [6, 6.07) is -0.215. The van der Waals surface area contributed by atoms with Crippen LogP contribution in [0.15, 0.2) is 6.20 Å². The van der Waals surface area contributed by atoms with Crippen molar-refractivity contribution in [1.82, 2.24) is 19.9 Å². The quantitative estimate of drug-likeness (QED) is 0.757. The molecule has 1 aromatic heterocycles. The molecule has 0 radical (unpaired) electrons. The summed E-state index contributed by atoms with van der Waals surface area (Å²) in [7, 11) is 0. The van der Waals surface area contributed by atoms with Gasteiger partial charge in [-0.2, -0.15) is 5.10 Å². The predicted octanol–water partition coefficient (Wildman–Crippen LogP) is 0.569. The van der Waals surface area contributed by atoms with Crippen LogP contribution in [0.1, 0.15) is 32.4 Å². The molecule has 88 valence electrons. The van der Waals surface area contributed by atoms with Crippen LogP contribution < -0.4 is 0 Å². The summed E-state index contributed by atoms with van der Waals surface area (Å²) in [6.45, 7) is 4.75. The second kappa shape index (κ2) is 3.86. The van der Waals surface area contributed by atoms with Gasteiger partial charge >= 0.3 is 6.03 Å². The Bertz CT molecular complexity index is 388. The van der Waals surface area contributed by atoms with Crippen molar-refractivity contribution in [2.24, 2.45) is 0 Å². The SMILES string of the molecule is CC(C)(O)c1cnn(C(=O)N2CCCC2)n1. The van der Waals surface area contributed by atoms with Gasteiger partial charge in [-0.1, -0.05) is 4.80 Å². The summed E-state index contributed by atoms with van der Waals surface area (Å²) < 4.78 is 0. The van der Waals surface area contributed by atoms with Crippen molar-refractivity contribution in [3.8, 4) is 0 Å². The summed E-state index contributed by atoms with van der Waals surface area (Å²) in [5.74, 6) is 0. The minimum Gasteiger partial charge on any atom is -0.384 e. The second-order valence-corrected chi connectivity index (χ2v) is 4.55. The first kappa shape index (κ1) is 11.1. The standard InChI is InChI=1S/C10H16N4O2/c1-10(2,16)8-7-11-14(12-8)9(15)13-5-3-4-6-13/h7,16H,3-6H2,1-2H3. The third-order valence-electron chi connectivity index (χ3n) is 2.67. The minimum atomic E-state index is -1.07. The first-order valence-corrected chi connectivity index (χ1v) is 5.43. The third-order valence-corrected chi connectivity index (χ3v) is 2.67. The van der Waals surface area contributed by atoms with Gasteiger partial charge in [0.2, 0.25) is 0 Å². The van der Waals surface area contributed by atoms with Crippen LogP contribution in [0.4, 0.5) is 4.79 Å². The Morgan fingerprint density at radius 1 is 1.44 bits per heavy atom. The molecular formula is C10H16N4O2. The fourth-order valence-corrected chi connectivity index (χ4v) is 1.67. The van der Waals surface area contributed by atoms with E-state index in [1.54, 1.807) is 18.7 Å². The summed E-state index contributed by atoms with van der Waals surface area (Å²) in [6.07, 6.45) is 3.49. The molecule has 0 unspecified atom stereocenters. The molecule has 1 N–H and O–H groups in total. The highest BCUT2D eigenvalue weighted by molar-refractivity contribution is 5.75. The summed E-state index contributed by atoms with van der Waals surface area (Å²) in [5.41, 5.74) is -0.663. The van der Waals surface area contributed by atoms with Crippen molar-refractivity contribution in [2.75, 3.05) is 13.1 Å². The Morgan fingerprint density at radius 3 is 2.56 bits per heavy atom. The van der Waals surface area contributed by atoms with Crippen LogP contribution in [0.5, 0.6) is 0 Å². The normalized spacial score (nSPS) is 16.8. The van der Waals surface area contributed by atoms with Gasteiger partial charge in [0.25, 0.3) is 0 Å². The zero-order valence-corrected chi connectivity index (χ0v) is 9.55. The number of aromatic nitrogens is 3. The molecule has 0 atom stereocenters. The molecule has 16 heavy (non-hydrogen) atoms. The number of rotatable bonds is 1. The highest BCUT2D eigenvalue weighted by Gasteiger charge is 2.25. The fraction of sp³-hybridized carbons (Fsp3) is 0.700. The number of hydrogen-bond acceptors (Lipinski definition) is 4. The number of aliphatic hydroxyl groups is 1. The fourth-order valence-electron chi connectivity index (χ4n) is 1.67. The van der Waals surface area contributed by atoms with Crippen LogP contribution in [0.3, 0.4) is 0 Å². The molecule has 1 amide bonds. The van der Waals surface area contributed by atoms with Crippen molar-refractivity contribution in [2.45, 2.75) is 32.3 Å².